The van der Waals surface area contributed by atoms with Crippen LogP contribution in [0.15, 0.2) is 0 Å². The van der Waals surface area contributed by atoms with Gasteiger partial charge >= 0.3 is 0 Å². The van der Waals surface area contributed by atoms with E-state index in [2.05, 4.69) is 18.9 Å². The lowest BCUT2D eigenvalue weighted by molar-refractivity contribution is -0.886. The van der Waals surface area contributed by atoms with Gasteiger partial charge in [0.25, 0.3) is 0 Å². The lowest BCUT2D eigenvalue weighted by Gasteiger charge is -2.18. The molecule has 1 saturated heterocycles. The first-order chi connectivity index (χ1) is 6.33. The van der Waals surface area contributed by atoms with Gasteiger partial charge in [-0.05, 0) is 20.0 Å². The summed E-state index contributed by atoms with van der Waals surface area (Å²) in [5.41, 5.74) is 0. The Hall–Kier alpha value is -0.0800. The second-order valence-electron chi connectivity index (χ2n) is 4.36. The Morgan fingerprint density at radius 2 is 1.85 bits per heavy atom. The first-order valence-corrected chi connectivity index (χ1v) is 5.85. The Labute approximate surface area is 82.9 Å². The molecule has 0 aromatic heterocycles. The number of likely N-dealkylation sites (tertiary alicyclic amines) is 1. The van der Waals surface area contributed by atoms with Crippen LogP contribution in [0, 0.1) is 0 Å². The highest BCUT2D eigenvalue weighted by atomic mass is 15.2. The summed E-state index contributed by atoms with van der Waals surface area (Å²) < 4.78 is 0. The monoisotopic (exact) mass is 185 g/mol. The Bertz CT molecular complexity index is 119. The van der Waals surface area contributed by atoms with Crippen molar-refractivity contribution in [3.05, 3.63) is 0 Å². The van der Waals surface area contributed by atoms with E-state index in [1.54, 1.807) is 0 Å². The van der Waals surface area contributed by atoms with Crippen LogP contribution in [0.1, 0.15) is 32.6 Å². The minimum absolute atomic E-state index is 1.28. The number of unbranched alkanes of at least 4 members (excludes halogenated alkanes) is 1. The van der Waals surface area contributed by atoms with Gasteiger partial charge in [0.2, 0.25) is 0 Å². The van der Waals surface area contributed by atoms with Gasteiger partial charge in [0.05, 0.1) is 19.6 Å². The van der Waals surface area contributed by atoms with Crippen LogP contribution in [-0.4, -0.2) is 44.7 Å². The molecule has 0 amide bonds. The van der Waals surface area contributed by atoms with E-state index in [9.17, 15) is 0 Å². The molecule has 1 N–H and O–H groups in total. The average molecular weight is 185 g/mol. The maximum Gasteiger partial charge on any atom is 0.0900 e. The smallest absolute Gasteiger partial charge is 0.0900 e. The normalized spacial score (nSPS) is 18.7. The van der Waals surface area contributed by atoms with Gasteiger partial charge in [0, 0.05) is 19.4 Å². The molecule has 13 heavy (non-hydrogen) atoms. The Kier molecular flexibility index (Phi) is 5.40. The fraction of sp³-hybridized carbons (Fsp3) is 1.00. The second-order valence-corrected chi connectivity index (χ2v) is 4.36. The van der Waals surface area contributed by atoms with Crippen molar-refractivity contribution in [2.24, 2.45) is 0 Å². The molecule has 1 rings (SSSR count). The Morgan fingerprint density at radius 3 is 2.46 bits per heavy atom. The minimum Gasteiger partial charge on any atom is -0.334 e. The molecule has 1 aliphatic rings. The van der Waals surface area contributed by atoms with Crippen LogP contribution in [0.4, 0.5) is 0 Å². The quantitative estimate of drug-likeness (QED) is 0.629. The van der Waals surface area contributed by atoms with Gasteiger partial charge in [-0.2, -0.15) is 0 Å². The minimum atomic E-state index is 1.28. The highest BCUT2D eigenvalue weighted by molar-refractivity contribution is 4.51. The van der Waals surface area contributed by atoms with Crippen molar-refractivity contribution in [1.29, 1.82) is 0 Å². The van der Waals surface area contributed by atoms with E-state index >= 15 is 0 Å². The lowest BCUT2D eigenvalue weighted by atomic mass is 10.3. The molecule has 1 fully saturated rings. The summed E-state index contributed by atoms with van der Waals surface area (Å²) in [5.74, 6) is 0. The fourth-order valence-corrected chi connectivity index (χ4v) is 2.01. The highest BCUT2D eigenvalue weighted by Gasteiger charge is 2.14. The van der Waals surface area contributed by atoms with Crippen LogP contribution in [0.3, 0.4) is 0 Å². The summed E-state index contributed by atoms with van der Waals surface area (Å²) >= 11 is 0. The maximum atomic E-state index is 2.48. The molecule has 0 radical (unpaired) electrons. The number of hydrogen-bond acceptors (Lipinski definition) is 1. The predicted molar refractivity (Wildman–Crippen MR) is 57.2 cm³/mol. The van der Waals surface area contributed by atoms with Crippen molar-refractivity contribution in [3.8, 4) is 0 Å². The van der Waals surface area contributed by atoms with E-state index < -0.39 is 0 Å². The van der Waals surface area contributed by atoms with Crippen molar-refractivity contribution in [1.82, 2.24) is 4.90 Å². The van der Waals surface area contributed by atoms with Gasteiger partial charge in [-0.1, -0.05) is 13.3 Å². The topological polar surface area (TPSA) is 7.68 Å². The van der Waals surface area contributed by atoms with E-state index in [0.29, 0.717) is 0 Å². The number of likely N-dealkylation sites (N-methyl/N-ethyl adjacent to an activating group) is 1. The van der Waals surface area contributed by atoms with Gasteiger partial charge in [-0.3, -0.25) is 0 Å². The zero-order chi connectivity index (χ0) is 9.52. The van der Waals surface area contributed by atoms with Crippen LogP contribution in [-0.2, 0) is 0 Å². The summed E-state index contributed by atoms with van der Waals surface area (Å²) in [6.07, 6.45) is 5.58. The van der Waals surface area contributed by atoms with Crippen molar-refractivity contribution in [3.63, 3.8) is 0 Å². The van der Waals surface area contributed by atoms with Crippen molar-refractivity contribution in [2.75, 3.05) is 39.8 Å². The molecule has 1 heterocycles. The van der Waals surface area contributed by atoms with Crippen LogP contribution < -0.4 is 4.90 Å². The summed E-state index contributed by atoms with van der Waals surface area (Å²) in [6.45, 7) is 9.03. The fourth-order valence-electron chi connectivity index (χ4n) is 2.01. The molecule has 0 atom stereocenters. The number of nitrogens with zero attached hydrogens (tertiary/aromatic N) is 1. The molecule has 0 spiro atoms. The Balaban J connectivity index is 1.97. The Morgan fingerprint density at radius 1 is 1.15 bits per heavy atom. The highest BCUT2D eigenvalue weighted by Crippen LogP contribution is 1.91. The molecule has 1 aliphatic heterocycles. The molecule has 0 aromatic carbocycles. The maximum absolute atomic E-state index is 2.48. The third-order valence-corrected chi connectivity index (χ3v) is 3.05. The summed E-state index contributed by atoms with van der Waals surface area (Å²) in [7, 11) is 2.26. The van der Waals surface area contributed by atoms with Gasteiger partial charge in [0.15, 0.2) is 0 Å². The van der Waals surface area contributed by atoms with Gasteiger partial charge in [0.1, 0.15) is 0 Å². The van der Waals surface area contributed by atoms with E-state index in [0.717, 1.165) is 0 Å². The zero-order valence-electron chi connectivity index (χ0n) is 9.31. The third-order valence-electron chi connectivity index (χ3n) is 3.05. The summed E-state index contributed by atoms with van der Waals surface area (Å²) in [6, 6.07) is 0. The number of hydrogen-bond donors (Lipinski definition) is 1. The van der Waals surface area contributed by atoms with E-state index in [1.807, 2.05) is 4.90 Å². The van der Waals surface area contributed by atoms with Crippen molar-refractivity contribution in [2.45, 2.75) is 32.6 Å². The average Bonchev–Trinajstić information content (AvgIpc) is 2.64. The molecule has 0 bridgehead atoms. The largest absolute Gasteiger partial charge is 0.334 e. The molecule has 0 saturated carbocycles. The van der Waals surface area contributed by atoms with Crippen molar-refractivity contribution >= 4 is 0 Å². The standard InChI is InChI=1S/C11H24N2/c1-3-4-7-12(2)10-11-13-8-5-6-9-13/h3-11H2,1-2H3/p+1. The van der Waals surface area contributed by atoms with E-state index in [1.165, 1.54) is 58.4 Å². The molecular formula is C11H25N2+. The first kappa shape index (κ1) is 11.0. The van der Waals surface area contributed by atoms with Gasteiger partial charge in [-0.15, -0.1) is 0 Å². The number of rotatable bonds is 6. The molecule has 2 heteroatoms. The third kappa shape index (κ3) is 4.63. The molecule has 0 aliphatic carbocycles. The summed E-state index contributed by atoms with van der Waals surface area (Å²) in [5, 5.41) is 0. The summed E-state index contributed by atoms with van der Waals surface area (Å²) in [4.78, 5) is 4.30. The van der Waals surface area contributed by atoms with Gasteiger partial charge < -0.3 is 9.80 Å². The molecule has 0 aromatic rings. The van der Waals surface area contributed by atoms with Crippen LogP contribution in [0.25, 0.3) is 0 Å². The van der Waals surface area contributed by atoms with E-state index in [4.69, 9.17) is 0 Å². The van der Waals surface area contributed by atoms with Crippen LogP contribution in [0.2, 0.25) is 0 Å². The number of quaternary nitrogens is 1. The van der Waals surface area contributed by atoms with Crippen molar-refractivity contribution < 1.29 is 4.90 Å². The van der Waals surface area contributed by atoms with Crippen LogP contribution in [0.5, 0.6) is 0 Å². The van der Waals surface area contributed by atoms with Gasteiger partial charge in [-0.25, -0.2) is 0 Å². The van der Waals surface area contributed by atoms with E-state index in [-0.39, 0.29) is 0 Å². The predicted octanol–water partition coefficient (Wildman–Crippen LogP) is 0.397. The second kappa shape index (κ2) is 6.39. The first-order valence-electron chi connectivity index (χ1n) is 5.85. The molecule has 78 valence electrons. The molecule has 2 nitrogen and oxygen atoms in total. The lowest BCUT2D eigenvalue weighted by Crippen LogP contribution is -3.10. The van der Waals surface area contributed by atoms with Crippen LogP contribution >= 0.6 is 0 Å². The number of nitrogens with one attached hydrogen (secondary N) is 1. The molecular weight excluding hydrogens is 160 g/mol. The molecule has 0 unspecified atom stereocenters. The SMILES string of the molecule is CCCCN(C)CC[NH+]1CCCC1. The zero-order valence-corrected chi connectivity index (χ0v) is 9.31.